The zero-order valence-corrected chi connectivity index (χ0v) is 16.0. The van der Waals surface area contributed by atoms with Crippen LogP contribution in [-0.4, -0.2) is 30.0 Å². The minimum atomic E-state index is -1.02. The van der Waals surface area contributed by atoms with Crippen LogP contribution in [0, 0.1) is 5.41 Å². The highest BCUT2D eigenvalue weighted by molar-refractivity contribution is 5.65. The summed E-state index contributed by atoms with van der Waals surface area (Å²) in [7, 11) is 0. The molecule has 144 valence electrons. The van der Waals surface area contributed by atoms with Gasteiger partial charge in [0.25, 0.3) is 0 Å². The van der Waals surface area contributed by atoms with Crippen LogP contribution in [0.15, 0.2) is 54.6 Å². The molecule has 0 radical (unpaired) electrons. The fourth-order valence-corrected chi connectivity index (χ4v) is 3.55. The van der Waals surface area contributed by atoms with Crippen LogP contribution in [0.25, 0.3) is 0 Å². The molecule has 1 amide bonds. The molecule has 1 aliphatic rings. The summed E-state index contributed by atoms with van der Waals surface area (Å²) in [6, 6.07) is 17.7. The quantitative estimate of drug-likeness (QED) is 0.708. The number of amides is 1. The van der Waals surface area contributed by atoms with Crippen LogP contribution in [0.1, 0.15) is 37.8 Å². The van der Waals surface area contributed by atoms with Crippen molar-refractivity contribution in [3.8, 4) is 5.75 Å². The fraction of sp³-hybridized carbons (Fsp3) is 0.409. The average molecular weight is 369 g/mol. The van der Waals surface area contributed by atoms with Crippen LogP contribution in [0.5, 0.6) is 5.75 Å². The standard InChI is InChI=1S/C22H27NO4/c1-22(2,3)19(20(18-14-27-18)23-21(24)25)16-9-11-17(12-10-16)26-13-15-7-5-4-6-8-15/h4-12,18-20,23H,13-14H2,1-3H3,(H,24,25)/t18-,19?,20-/m1/s1. The van der Waals surface area contributed by atoms with Gasteiger partial charge in [0, 0.05) is 5.92 Å². The van der Waals surface area contributed by atoms with Crippen LogP contribution < -0.4 is 10.1 Å². The average Bonchev–Trinajstić information content (AvgIpc) is 3.45. The Morgan fingerprint density at radius 2 is 1.81 bits per heavy atom. The van der Waals surface area contributed by atoms with Crippen molar-refractivity contribution in [1.82, 2.24) is 5.32 Å². The van der Waals surface area contributed by atoms with E-state index in [1.54, 1.807) is 0 Å². The molecule has 1 aliphatic heterocycles. The maximum atomic E-state index is 11.3. The third-order valence-electron chi connectivity index (χ3n) is 4.83. The van der Waals surface area contributed by atoms with E-state index in [4.69, 9.17) is 9.47 Å². The summed E-state index contributed by atoms with van der Waals surface area (Å²) in [6.45, 7) is 7.47. The van der Waals surface area contributed by atoms with Crippen LogP contribution in [0.3, 0.4) is 0 Å². The Kier molecular flexibility index (Phi) is 5.71. The molecule has 0 bridgehead atoms. The van der Waals surface area contributed by atoms with Crippen LogP contribution in [0.2, 0.25) is 0 Å². The molecular weight excluding hydrogens is 342 g/mol. The van der Waals surface area contributed by atoms with Gasteiger partial charge in [-0.2, -0.15) is 0 Å². The Bertz CT molecular complexity index is 748. The number of hydrogen-bond donors (Lipinski definition) is 2. The molecule has 1 unspecified atom stereocenters. The maximum Gasteiger partial charge on any atom is 0.404 e. The lowest BCUT2D eigenvalue weighted by Crippen LogP contribution is -2.46. The highest BCUT2D eigenvalue weighted by Gasteiger charge is 2.44. The first kappa shape index (κ1) is 19.2. The van der Waals surface area contributed by atoms with E-state index in [2.05, 4.69) is 26.1 Å². The number of ether oxygens (including phenoxy) is 2. The van der Waals surface area contributed by atoms with Gasteiger partial charge >= 0.3 is 6.09 Å². The van der Waals surface area contributed by atoms with Gasteiger partial charge < -0.3 is 19.9 Å². The third kappa shape index (κ3) is 5.23. The van der Waals surface area contributed by atoms with Gasteiger partial charge in [0.1, 0.15) is 18.5 Å². The summed E-state index contributed by atoms with van der Waals surface area (Å²) in [4.78, 5) is 11.3. The van der Waals surface area contributed by atoms with E-state index >= 15 is 0 Å². The van der Waals surface area contributed by atoms with Gasteiger partial charge in [0.15, 0.2) is 0 Å². The molecule has 0 spiro atoms. The molecule has 3 atom stereocenters. The van der Waals surface area contributed by atoms with Crippen LogP contribution in [-0.2, 0) is 11.3 Å². The molecule has 0 aliphatic carbocycles. The zero-order chi connectivity index (χ0) is 19.4. The van der Waals surface area contributed by atoms with Gasteiger partial charge in [-0.3, -0.25) is 0 Å². The highest BCUT2D eigenvalue weighted by Crippen LogP contribution is 2.41. The van der Waals surface area contributed by atoms with Gasteiger partial charge in [0.2, 0.25) is 0 Å². The number of epoxide rings is 1. The first-order valence-corrected chi connectivity index (χ1v) is 9.22. The van der Waals surface area contributed by atoms with Crippen molar-refractivity contribution < 1.29 is 19.4 Å². The number of carboxylic acid groups (broad SMARTS) is 1. The van der Waals surface area contributed by atoms with Crippen molar-refractivity contribution >= 4 is 6.09 Å². The largest absolute Gasteiger partial charge is 0.489 e. The van der Waals surface area contributed by atoms with E-state index in [0.717, 1.165) is 16.9 Å². The number of rotatable bonds is 7. The molecule has 2 N–H and O–H groups in total. The zero-order valence-electron chi connectivity index (χ0n) is 16.0. The second-order valence-electron chi connectivity index (χ2n) is 8.03. The SMILES string of the molecule is CC(C)(C)C(c1ccc(OCc2ccccc2)cc1)[C@H](NC(=O)O)[C@H]1CO1. The van der Waals surface area contributed by atoms with Gasteiger partial charge in [-0.25, -0.2) is 4.79 Å². The van der Waals surface area contributed by atoms with Crippen molar-refractivity contribution in [3.63, 3.8) is 0 Å². The molecule has 1 fully saturated rings. The monoisotopic (exact) mass is 369 g/mol. The Hall–Kier alpha value is -2.53. The van der Waals surface area contributed by atoms with E-state index in [1.807, 2.05) is 54.6 Å². The molecule has 1 heterocycles. The summed E-state index contributed by atoms with van der Waals surface area (Å²) in [5.74, 6) is 0.782. The second-order valence-corrected chi connectivity index (χ2v) is 8.03. The minimum Gasteiger partial charge on any atom is -0.489 e. The van der Waals surface area contributed by atoms with Gasteiger partial charge in [0.05, 0.1) is 12.6 Å². The molecule has 5 nitrogen and oxygen atoms in total. The number of hydrogen-bond acceptors (Lipinski definition) is 3. The van der Waals surface area contributed by atoms with E-state index < -0.39 is 6.09 Å². The van der Waals surface area contributed by atoms with Crippen molar-refractivity contribution in [2.24, 2.45) is 5.41 Å². The lowest BCUT2D eigenvalue weighted by molar-refractivity contribution is 0.168. The Morgan fingerprint density at radius 1 is 1.19 bits per heavy atom. The molecule has 2 aromatic rings. The van der Waals surface area contributed by atoms with E-state index in [1.165, 1.54) is 0 Å². The molecule has 0 aromatic heterocycles. The van der Waals surface area contributed by atoms with Crippen molar-refractivity contribution in [3.05, 3.63) is 65.7 Å². The Labute approximate surface area is 160 Å². The molecule has 1 saturated heterocycles. The third-order valence-corrected chi connectivity index (χ3v) is 4.83. The van der Waals surface area contributed by atoms with Gasteiger partial charge in [-0.05, 0) is 28.7 Å². The topological polar surface area (TPSA) is 71.1 Å². The van der Waals surface area contributed by atoms with Gasteiger partial charge in [-0.1, -0.05) is 63.2 Å². The molecule has 5 heteroatoms. The lowest BCUT2D eigenvalue weighted by atomic mass is 9.71. The van der Waals surface area contributed by atoms with E-state index in [9.17, 15) is 9.90 Å². The van der Waals surface area contributed by atoms with Crippen molar-refractivity contribution in [2.75, 3.05) is 6.61 Å². The van der Waals surface area contributed by atoms with Crippen molar-refractivity contribution in [1.29, 1.82) is 0 Å². The summed E-state index contributed by atoms with van der Waals surface area (Å²) in [5, 5.41) is 11.9. The first-order valence-electron chi connectivity index (χ1n) is 9.22. The highest BCUT2D eigenvalue weighted by atomic mass is 16.6. The van der Waals surface area contributed by atoms with E-state index in [-0.39, 0.29) is 23.5 Å². The first-order chi connectivity index (χ1) is 12.8. The summed E-state index contributed by atoms with van der Waals surface area (Å²) < 4.78 is 11.3. The Balaban J connectivity index is 1.75. The number of nitrogens with one attached hydrogen (secondary N) is 1. The van der Waals surface area contributed by atoms with Crippen LogP contribution >= 0.6 is 0 Å². The number of benzene rings is 2. The fourth-order valence-electron chi connectivity index (χ4n) is 3.55. The Morgan fingerprint density at radius 3 is 2.33 bits per heavy atom. The molecule has 2 aromatic carbocycles. The van der Waals surface area contributed by atoms with Crippen LogP contribution in [0.4, 0.5) is 4.79 Å². The maximum absolute atomic E-state index is 11.3. The molecule has 0 saturated carbocycles. The predicted octanol–water partition coefficient (Wildman–Crippen LogP) is 4.43. The minimum absolute atomic E-state index is 0.00993. The summed E-state index contributed by atoms with van der Waals surface area (Å²) >= 11 is 0. The number of carbonyl (C=O) groups is 1. The van der Waals surface area contributed by atoms with E-state index in [0.29, 0.717) is 13.2 Å². The lowest BCUT2D eigenvalue weighted by Gasteiger charge is -2.37. The molecule has 3 rings (SSSR count). The normalized spacial score (nSPS) is 18.4. The summed E-state index contributed by atoms with van der Waals surface area (Å²) in [6.07, 6.45) is -1.09. The second kappa shape index (κ2) is 8.01. The van der Waals surface area contributed by atoms with Gasteiger partial charge in [-0.15, -0.1) is 0 Å². The van der Waals surface area contributed by atoms with Crippen molar-refractivity contribution in [2.45, 2.75) is 45.4 Å². The predicted molar refractivity (Wildman–Crippen MR) is 104 cm³/mol. The smallest absolute Gasteiger partial charge is 0.404 e. The molecule has 27 heavy (non-hydrogen) atoms. The molecular formula is C22H27NO4. The summed E-state index contributed by atoms with van der Waals surface area (Å²) in [5.41, 5.74) is 2.06.